The molecule has 1 aromatic carbocycles. The van der Waals surface area contributed by atoms with Crippen molar-refractivity contribution in [1.82, 2.24) is 15.0 Å². The van der Waals surface area contributed by atoms with Crippen LogP contribution in [0.4, 0.5) is 15.8 Å². The number of benzene rings is 1. The van der Waals surface area contributed by atoms with Crippen molar-refractivity contribution in [3.05, 3.63) is 71.4 Å². The molecule has 0 saturated heterocycles. The number of rotatable bonds is 6. The Labute approximate surface area is 206 Å². The molecule has 2 atom stereocenters. The number of anilines is 2. The standard InChI is InChI=1S/C26H26FN5O4/c1-14-9-15(2)30-21(10-14)36-16-5-6-17(19(27)11-16)24(33)32-22-18-7-8-28-23(18)29-12-20(22)31-25(34)26(32,3)13-35-4/h5-12,24,33H,13H2,1-4H3,(H,28,29)(H,31,34). The maximum atomic E-state index is 15.4. The number of aliphatic hydroxyl groups excluding tert-OH is 1. The number of hydrogen-bond donors (Lipinski definition) is 3. The highest BCUT2D eigenvalue weighted by Crippen LogP contribution is 2.45. The quantitative estimate of drug-likeness (QED) is 0.367. The molecule has 1 aliphatic rings. The number of hydrogen-bond acceptors (Lipinski definition) is 7. The summed E-state index contributed by atoms with van der Waals surface area (Å²) in [6.45, 7) is 5.35. The summed E-state index contributed by atoms with van der Waals surface area (Å²) < 4.78 is 26.6. The zero-order valence-corrected chi connectivity index (χ0v) is 20.3. The number of fused-ring (bicyclic) bond motifs is 3. The third-order valence-electron chi connectivity index (χ3n) is 6.28. The minimum atomic E-state index is -1.52. The smallest absolute Gasteiger partial charge is 0.252 e. The monoisotopic (exact) mass is 491 g/mol. The molecule has 0 spiro atoms. The second kappa shape index (κ2) is 8.89. The van der Waals surface area contributed by atoms with E-state index in [1.807, 2.05) is 19.9 Å². The fraction of sp³-hybridized carbons (Fsp3) is 0.269. The third kappa shape index (κ3) is 3.94. The van der Waals surface area contributed by atoms with Crippen LogP contribution in [0.5, 0.6) is 11.6 Å². The molecule has 0 aliphatic carbocycles. The van der Waals surface area contributed by atoms with Crippen LogP contribution in [0.2, 0.25) is 0 Å². The van der Waals surface area contributed by atoms with E-state index in [-0.39, 0.29) is 17.9 Å². The second-order valence-corrected chi connectivity index (χ2v) is 9.07. The van der Waals surface area contributed by atoms with Gasteiger partial charge < -0.3 is 29.8 Å². The Balaban J connectivity index is 1.57. The maximum Gasteiger partial charge on any atom is 0.252 e. The van der Waals surface area contributed by atoms with E-state index in [0.29, 0.717) is 28.3 Å². The number of aryl methyl sites for hydroxylation is 2. The molecular weight excluding hydrogens is 465 g/mol. The van der Waals surface area contributed by atoms with Gasteiger partial charge in [-0.2, -0.15) is 0 Å². The van der Waals surface area contributed by atoms with Crippen LogP contribution in [0.1, 0.15) is 30.0 Å². The van der Waals surface area contributed by atoms with Gasteiger partial charge in [0.1, 0.15) is 22.8 Å². The molecule has 0 bridgehead atoms. The Morgan fingerprint density at radius 2 is 2.03 bits per heavy atom. The average Bonchev–Trinajstić information content (AvgIpc) is 3.28. The lowest BCUT2D eigenvalue weighted by molar-refractivity contribution is -0.124. The molecule has 2 unspecified atom stereocenters. The van der Waals surface area contributed by atoms with E-state index in [9.17, 15) is 9.90 Å². The number of nitrogens with one attached hydrogen (secondary N) is 2. The van der Waals surface area contributed by atoms with Crippen LogP contribution in [-0.2, 0) is 9.53 Å². The number of methoxy groups -OCH3 is 1. The molecule has 1 amide bonds. The zero-order chi connectivity index (χ0) is 25.6. The second-order valence-electron chi connectivity index (χ2n) is 9.07. The fourth-order valence-corrected chi connectivity index (χ4v) is 4.66. The zero-order valence-electron chi connectivity index (χ0n) is 20.3. The Hall–Kier alpha value is -4.02. The number of carbonyl (C=O) groups excluding carboxylic acids is 1. The molecule has 9 nitrogen and oxygen atoms in total. The predicted octanol–water partition coefficient (Wildman–Crippen LogP) is 4.36. The predicted molar refractivity (Wildman–Crippen MR) is 133 cm³/mol. The van der Waals surface area contributed by atoms with Crippen LogP contribution in [-0.4, -0.2) is 45.2 Å². The Morgan fingerprint density at radius 3 is 2.75 bits per heavy atom. The number of H-pyrrole nitrogens is 1. The van der Waals surface area contributed by atoms with E-state index in [4.69, 9.17) is 9.47 Å². The minimum absolute atomic E-state index is 0.0285. The van der Waals surface area contributed by atoms with Crippen molar-refractivity contribution in [3.8, 4) is 11.6 Å². The summed E-state index contributed by atoms with van der Waals surface area (Å²) in [6.07, 6.45) is 1.69. The van der Waals surface area contributed by atoms with Gasteiger partial charge in [-0.05, 0) is 50.6 Å². The van der Waals surface area contributed by atoms with Crippen molar-refractivity contribution in [1.29, 1.82) is 0 Å². The van der Waals surface area contributed by atoms with Crippen LogP contribution in [0.15, 0.2) is 48.8 Å². The SMILES string of the molecule is COCC1(C)C(=O)Nc2cnc3[nH]ccc3c2N1C(O)c1ccc(Oc2cc(C)cc(C)n2)cc1F. The molecule has 3 N–H and O–H groups in total. The minimum Gasteiger partial charge on any atom is -0.439 e. The number of nitrogens with zero attached hydrogens (tertiary/aromatic N) is 3. The van der Waals surface area contributed by atoms with E-state index >= 15 is 4.39 Å². The Morgan fingerprint density at radius 1 is 1.22 bits per heavy atom. The third-order valence-corrected chi connectivity index (χ3v) is 6.28. The lowest BCUT2D eigenvalue weighted by Gasteiger charge is -2.47. The summed E-state index contributed by atoms with van der Waals surface area (Å²) in [7, 11) is 1.46. The average molecular weight is 492 g/mol. The summed E-state index contributed by atoms with van der Waals surface area (Å²) in [5, 5.41) is 15.1. The highest BCUT2D eigenvalue weighted by atomic mass is 19.1. The van der Waals surface area contributed by atoms with Gasteiger partial charge in [-0.1, -0.05) is 0 Å². The Kier molecular flexibility index (Phi) is 5.85. The molecule has 3 aromatic heterocycles. The number of aromatic amines is 1. The molecule has 186 valence electrons. The number of ether oxygens (including phenoxy) is 2. The van der Waals surface area contributed by atoms with Gasteiger partial charge in [-0.25, -0.2) is 14.4 Å². The number of halogens is 1. The largest absolute Gasteiger partial charge is 0.439 e. The summed E-state index contributed by atoms with van der Waals surface area (Å²) in [5.74, 6) is -0.531. The van der Waals surface area contributed by atoms with Gasteiger partial charge >= 0.3 is 0 Å². The summed E-state index contributed by atoms with van der Waals surface area (Å²) in [4.78, 5) is 26.3. The maximum absolute atomic E-state index is 15.4. The Bertz CT molecular complexity index is 1450. The number of carbonyl (C=O) groups is 1. The van der Waals surface area contributed by atoms with Crippen LogP contribution in [0, 0.1) is 19.7 Å². The molecule has 4 aromatic rings. The van der Waals surface area contributed by atoms with Crippen molar-refractivity contribution in [3.63, 3.8) is 0 Å². The van der Waals surface area contributed by atoms with E-state index in [1.165, 1.54) is 30.3 Å². The van der Waals surface area contributed by atoms with Gasteiger partial charge in [0.25, 0.3) is 5.91 Å². The molecule has 5 rings (SSSR count). The number of pyridine rings is 2. The van der Waals surface area contributed by atoms with Gasteiger partial charge in [-0.15, -0.1) is 0 Å². The van der Waals surface area contributed by atoms with E-state index in [0.717, 1.165) is 11.3 Å². The molecule has 4 heterocycles. The van der Waals surface area contributed by atoms with Gasteiger partial charge in [-0.3, -0.25) is 4.79 Å². The molecule has 0 fully saturated rings. The number of amides is 1. The van der Waals surface area contributed by atoms with Crippen LogP contribution in [0.25, 0.3) is 11.0 Å². The van der Waals surface area contributed by atoms with E-state index < -0.39 is 23.5 Å². The highest BCUT2D eigenvalue weighted by molar-refractivity contribution is 6.12. The fourth-order valence-electron chi connectivity index (χ4n) is 4.66. The van der Waals surface area contributed by atoms with E-state index in [1.54, 1.807) is 31.3 Å². The lowest BCUT2D eigenvalue weighted by atomic mass is 9.92. The van der Waals surface area contributed by atoms with Gasteiger partial charge in [0.2, 0.25) is 5.88 Å². The number of aliphatic hydroxyl groups is 1. The summed E-state index contributed by atoms with van der Waals surface area (Å²) in [5.41, 5.74) is 1.84. The normalized spacial score (nSPS) is 18.2. The van der Waals surface area contributed by atoms with Crippen LogP contribution >= 0.6 is 0 Å². The van der Waals surface area contributed by atoms with Crippen LogP contribution < -0.4 is 15.0 Å². The molecule has 1 aliphatic heterocycles. The molecule has 0 radical (unpaired) electrons. The number of aromatic nitrogens is 3. The highest BCUT2D eigenvalue weighted by Gasteiger charge is 2.48. The molecule has 36 heavy (non-hydrogen) atoms. The first-order chi connectivity index (χ1) is 17.2. The van der Waals surface area contributed by atoms with E-state index in [2.05, 4.69) is 20.3 Å². The molecule has 10 heteroatoms. The topological polar surface area (TPSA) is 113 Å². The first kappa shape index (κ1) is 23.7. The van der Waals surface area contributed by atoms with Gasteiger partial charge in [0.15, 0.2) is 6.23 Å². The first-order valence-corrected chi connectivity index (χ1v) is 11.4. The molecular formula is C26H26FN5O4. The first-order valence-electron chi connectivity index (χ1n) is 11.4. The lowest BCUT2D eigenvalue weighted by Crippen LogP contribution is -2.61. The van der Waals surface area contributed by atoms with Crippen molar-refractivity contribution in [2.45, 2.75) is 32.5 Å². The van der Waals surface area contributed by atoms with Crippen molar-refractivity contribution < 1.29 is 23.8 Å². The van der Waals surface area contributed by atoms with Gasteiger partial charge in [0, 0.05) is 42.1 Å². The summed E-state index contributed by atoms with van der Waals surface area (Å²) in [6, 6.07) is 9.63. The van der Waals surface area contributed by atoms with Crippen LogP contribution in [0.3, 0.4) is 0 Å². The van der Waals surface area contributed by atoms with Crippen molar-refractivity contribution in [2.24, 2.45) is 0 Å². The molecule has 0 saturated carbocycles. The van der Waals surface area contributed by atoms with Gasteiger partial charge in [0.05, 0.1) is 24.2 Å². The van der Waals surface area contributed by atoms with Crippen molar-refractivity contribution in [2.75, 3.05) is 23.9 Å². The van der Waals surface area contributed by atoms with Crippen molar-refractivity contribution >= 4 is 28.3 Å². The summed E-state index contributed by atoms with van der Waals surface area (Å²) >= 11 is 0.